The summed E-state index contributed by atoms with van der Waals surface area (Å²) < 4.78 is 0. The number of nitrogens with two attached hydrogens (primary N) is 1. The van der Waals surface area contributed by atoms with Gasteiger partial charge >= 0.3 is 0 Å². The molecule has 0 aromatic carbocycles. The van der Waals surface area contributed by atoms with Crippen LogP contribution in [-0.4, -0.2) is 11.5 Å². The Balaban J connectivity index is 2.84. The van der Waals surface area contributed by atoms with E-state index in [1.807, 2.05) is 19.2 Å². The lowest BCUT2D eigenvalue weighted by Crippen LogP contribution is -2.01. The van der Waals surface area contributed by atoms with Crippen LogP contribution in [-0.2, 0) is 0 Å². The molecule has 0 aliphatic heterocycles. The molecule has 1 rings (SSSR count). The number of hydrogen-bond acceptors (Lipinski definition) is 2. The highest BCUT2D eigenvalue weighted by molar-refractivity contribution is 5.52. The van der Waals surface area contributed by atoms with Crippen LogP contribution in [0.15, 0.2) is 23.9 Å². The molecule has 0 unspecified atom stereocenters. The molecular weight excluding hydrogens is 160 g/mol. The molecule has 0 saturated heterocycles. The van der Waals surface area contributed by atoms with Crippen molar-refractivity contribution in [3.05, 3.63) is 35.2 Å². The van der Waals surface area contributed by atoms with Gasteiger partial charge in [-0.2, -0.15) is 0 Å². The topological polar surface area (TPSA) is 38.9 Å². The Kier molecular flexibility index (Phi) is 3.65. The Morgan fingerprint density at radius 1 is 1.54 bits per heavy atom. The van der Waals surface area contributed by atoms with E-state index in [1.165, 1.54) is 5.57 Å². The van der Waals surface area contributed by atoms with Gasteiger partial charge in [-0.1, -0.05) is 24.6 Å². The average molecular weight is 176 g/mol. The molecule has 2 heteroatoms. The zero-order chi connectivity index (χ0) is 9.68. The first-order valence-electron chi connectivity index (χ1n) is 4.58. The predicted molar refractivity (Wildman–Crippen MR) is 56.3 cm³/mol. The fraction of sp³-hybridized carbons (Fsp3) is 0.364. The second kappa shape index (κ2) is 4.77. The molecule has 0 spiro atoms. The Labute approximate surface area is 79.5 Å². The molecule has 0 fully saturated rings. The van der Waals surface area contributed by atoms with E-state index in [2.05, 4.69) is 24.1 Å². The van der Waals surface area contributed by atoms with Crippen LogP contribution < -0.4 is 5.73 Å². The molecule has 0 radical (unpaired) electrons. The summed E-state index contributed by atoms with van der Waals surface area (Å²) in [5, 5.41) is 0. The summed E-state index contributed by atoms with van der Waals surface area (Å²) in [5.41, 5.74) is 9.00. The molecule has 2 nitrogen and oxygen atoms in total. The molecular formula is C11H16N2. The molecule has 2 N–H and O–H groups in total. The molecule has 13 heavy (non-hydrogen) atoms. The number of aryl methyl sites for hydroxylation is 1. The number of rotatable bonds is 3. The number of hydrogen-bond donors (Lipinski definition) is 1. The summed E-state index contributed by atoms with van der Waals surface area (Å²) >= 11 is 0. The minimum atomic E-state index is 0.629. The summed E-state index contributed by atoms with van der Waals surface area (Å²) in [5.74, 6) is 0. The Morgan fingerprint density at radius 3 is 2.77 bits per heavy atom. The maximum atomic E-state index is 5.57. The van der Waals surface area contributed by atoms with Crippen LogP contribution >= 0.6 is 0 Å². The molecule has 0 amide bonds. The van der Waals surface area contributed by atoms with Crippen LogP contribution in [0.5, 0.6) is 0 Å². The van der Waals surface area contributed by atoms with E-state index in [-0.39, 0.29) is 0 Å². The quantitative estimate of drug-likeness (QED) is 0.766. The van der Waals surface area contributed by atoms with Gasteiger partial charge in [0.25, 0.3) is 0 Å². The van der Waals surface area contributed by atoms with Gasteiger partial charge in [-0.3, -0.25) is 4.98 Å². The van der Waals surface area contributed by atoms with Gasteiger partial charge in [0.05, 0.1) is 0 Å². The third-order valence-electron chi connectivity index (χ3n) is 2.02. The first kappa shape index (κ1) is 9.93. The maximum Gasteiger partial charge on any atom is 0.0373 e. The number of aromatic nitrogens is 1. The second-order valence-corrected chi connectivity index (χ2v) is 3.09. The molecule has 1 aromatic rings. The molecule has 1 heterocycles. The van der Waals surface area contributed by atoms with Gasteiger partial charge in [0.1, 0.15) is 0 Å². The molecule has 0 bridgehead atoms. The smallest absolute Gasteiger partial charge is 0.0373 e. The van der Waals surface area contributed by atoms with Crippen molar-refractivity contribution >= 4 is 6.08 Å². The van der Waals surface area contributed by atoms with Gasteiger partial charge < -0.3 is 5.73 Å². The fourth-order valence-electron chi connectivity index (χ4n) is 1.11. The largest absolute Gasteiger partial charge is 0.327 e. The zero-order valence-electron chi connectivity index (χ0n) is 8.25. The van der Waals surface area contributed by atoms with E-state index in [0.29, 0.717) is 6.54 Å². The van der Waals surface area contributed by atoms with Gasteiger partial charge in [-0.15, -0.1) is 0 Å². The maximum absolute atomic E-state index is 5.57. The van der Waals surface area contributed by atoms with Crippen LogP contribution in [0.2, 0.25) is 0 Å². The Bertz CT molecular complexity index is 279. The first-order chi connectivity index (χ1) is 6.26. The molecule has 0 saturated carbocycles. The van der Waals surface area contributed by atoms with Gasteiger partial charge in [-0.05, 0) is 25.0 Å². The summed E-state index contributed by atoms with van der Waals surface area (Å²) in [6, 6.07) is 4.07. The summed E-state index contributed by atoms with van der Waals surface area (Å²) in [7, 11) is 0. The normalized spacial score (nSPS) is 11.8. The van der Waals surface area contributed by atoms with Crippen LogP contribution in [0, 0.1) is 6.92 Å². The van der Waals surface area contributed by atoms with E-state index < -0.39 is 0 Å². The Hall–Kier alpha value is -1.15. The van der Waals surface area contributed by atoms with Crippen molar-refractivity contribution in [2.24, 2.45) is 5.73 Å². The predicted octanol–water partition coefficient (Wildman–Crippen LogP) is 2.14. The zero-order valence-corrected chi connectivity index (χ0v) is 8.25. The fourth-order valence-corrected chi connectivity index (χ4v) is 1.11. The van der Waals surface area contributed by atoms with E-state index in [0.717, 1.165) is 17.7 Å². The SMILES string of the molecule is CC/C(=C/c1ccc(C)nc1)CN. The lowest BCUT2D eigenvalue weighted by Gasteiger charge is -2.00. The van der Waals surface area contributed by atoms with Crippen molar-refractivity contribution in [2.75, 3.05) is 6.54 Å². The number of pyridine rings is 1. The monoisotopic (exact) mass is 176 g/mol. The van der Waals surface area contributed by atoms with E-state index in [1.54, 1.807) is 0 Å². The average Bonchev–Trinajstić information content (AvgIpc) is 2.17. The molecule has 0 aliphatic carbocycles. The van der Waals surface area contributed by atoms with Crippen LogP contribution in [0.1, 0.15) is 24.6 Å². The highest BCUT2D eigenvalue weighted by Gasteiger charge is 1.92. The van der Waals surface area contributed by atoms with Crippen molar-refractivity contribution in [1.29, 1.82) is 0 Å². The van der Waals surface area contributed by atoms with Crippen LogP contribution in [0.25, 0.3) is 6.08 Å². The molecule has 1 aromatic heterocycles. The van der Waals surface area contributed by atoms with E-state index in [9.17, 15) is 0 Å². The van der Waals surface area contributed by atoms with Gasteiger partial charge in [0.2, 0.25) is 0 Å². The lowest BCUT2D eigenvalue weighted by molar-refractivity contribution is 1.02. The van der Waals surface area contributed by atoms with Crippen molar-refractivity contribution in [1.82, 2.24) is 4.98 Å². The number of nitrogens with zero attached hydrogens (tertiary/aromatic N) is 1. The van der Waals surface area contributed by atoms with E-state index in [4.69, 9.17) is 5.73 Å². The second-order valence-electron chi connectivity index (χ2n) is 3.09. The van der Waals surface area contributed by atoms with Crippen LogP contribution in [0.4, 0.5) is 0 Å². The van der Waals surface area contributed by atoms with E-state index >= 15 is 0 Å². The third kappa shape index (κ3) is 2.99. The summed E-state index contributed by atoms with van der Waals surface area (Å²) in [6.45, 7) is 4.72. The van der Waals surface area contributed by atoms with Crippen molar-refractivity contribution in [3.8, 4) is 0 Å². The van der Waals surface area contributed by atoms with Gasteiger partial charge in [-0.25, -0.2) is 0 Å². The van der Waals surface area contributed by atoms with Crippen molar-refractivity contribution < 1.29 is 0 Å². The standard InChI is InChI=1S/C11H16N2/c1-3-10(7-12)6-11-5-4-9(2)13-8-11/h4-6,8H,3,7,12H2,1-2H3/b10-6-. The van der Waals surface area contributed by atoms with Crippen molar-refractivity contribution in [2.45, 2.75) is 20.3 Å². The first-order valence-corrected chi connectivity index (χ1v) is 4.58. The summed E-state index contributed by atoms with van der Waals surface area (Å²) in [4.78, 5) is 4.22. The minimum absolute atomic E-state index is 0.629. The Morgan fingerprint density at radius 2 is 2.31 bits per heavy atom. The highest BCUT2D eigenvalue weighted by atomic mass is 14.6. The summed E-state index contributed by atoms with van der Waals surface area (Å²) in [6.07, 6.45) is 4.98. The minimum Gasteiger partial charge on any atom is -0.327 e. The molecule has 70 valence electrons. The highest BCUT2D eigenvalue weighted by Crippen LogP contribution is 2.07. The molecule has 0 atom stereocenters. The third-order valence-corrected chi connectivity index (χ3v) is 2.02. The van der Waals surface area contributed by atoms with Crippen molar-refractivity contribution in [3.63, 3.8) is 0 Å². The van der Waals surface area contributed by atoms with Gasteiger partial charge in [0, 0.05) is 18.4 Å². The molecule has 0 aliphatic rings. The lowest BCUT2D eigenvalue weighted by atomic mass is 10.1. The van der Waals surface area contributed by atoms with Crippen LogP contribution in [0.3, 0.4) is 0 Å². The van der Waals surface area contributed by atoms with Gasteiger partial charge in [0.15, 0.2) is 0 Å².